The first-order chi connectivity index (χ1) is 10.1. The van der Waals surface area contributed by atoms with Crippen molar-refractivity contribution in [2.24, 2.45) is 0 Å². The minimum absolute atomic E-state index is 0.000377. The molecule has 3 nitrogen and oxygen atoms in total. The summed E-state index contributed by atoms with van der Waals surface area (Å²) in [7, 11) is 0. The minimum atomic E-state index is 0.000377. The van der Waals surface area contributed by atoms with Gasteiger partial charge in [-0.1, -0.05) is 28.1 Å². The van der Waals surface area contributed by atoms with E-state index in [1.54, 1.807) is 11.3 Å². The van der Waals surface area contributed by atoms with Crippen molar-refractivity contribution >= 4 is 27.3 Å². The van der Waals surface area contributed by atoms with Gasteiger partial charge in [0.05, 0.1) is 11.2 Å². The minimum Gasteiger partial charge on any atom is -0.314 e. The molecule has 0 bridgehead atoms. The van der Waals surface area contributed by atoms with Crippen LogP contribution in [0, 0.1) is 0 Å². The van der Waals surface area contributed by atoms with Crippen LogP contribution in [0.4, 0.5) is 0 Å². The standard InChI is InChI=1S/C16H20BrN3S/c1-16(2,20-9-7-18-8-10-20)15-19-14(11-21-15)12-3-5-13(17)6-4-12/h3-6,11,18H,7-10H2,1-2H3. The molecule has 1 aromatic heterocycles. The Hall–Kier alpha value is -0.750. The summed E-state index contributed by atoms with van der Waals surface area (Å²) < 4.78 is 1.10. The SMILES string of the molecule is CC(C)(c1nc(-c2ccc(Br)cc2)cs1)N1CCNCC1. The molecule has 1 N–H and O–H groups in total. The Morgan fingerprint density at radius 3 is 2.52 bits per heavy atom. The zero-order chi connectivity index (χ0) is 14.9. The maximum atomic E-state index is 4.90. The van der Waals surface area contributed by atoms with E-state index >= 15 is 0 Å². The molecule has 3 rings (SSSR count). The Bertz CT molecular complexity index is 600. The third-order valence-corrected chi connectivity index (χ3v) is 5.76. The van der Waals surface area contributed by atoms with E-state index in [0.29, 0.717) is 0 Å². The fraction of sp³-hybridized carbons (Fsp3) is 0.438. The summed E-state index contributed by atoms with van der Waals surface area (Å²) in [6, 6.07) is 8.35. The Morgan fingerprint density at radius 1 is 1.19 bits per heavy atom. The zero-order valence-corrected chi connectivity index (χ0v) is 14.8. The maximum Gasteiger partial charge on any atom is 0.113 e. The molecule has 112 valence electrons. The lowest BCUT2D eigenvalue weighted by Gasteiger charge is -2.39. The van der Waals surface area contributed by atoms with Crippen LogP contribution in [0.5, 0.6) is 0 Å². The molecule has 0 amide bonds. The number of hydrogen-bond donors (Lipinski definition) is 1. The first-order valence-corrected chi connectivity index (χ1v) is 8.92. The largest absolute Gasteiger partial charge is 0.314 e. The Labute approximate surface area is 138 Å². The van der Waals surface area contributed by atoms with E-state index in [1.807, 2.05) is 0 Å². The fourth-order valence-corrected chi connectivity index (χ4v) is 3.91. The number of thiazole rings is 1. The average Bonchev–Trinajstić information content (AvgIpc) is 2.99. The van der Waals surface area contributed by atoms with Crippen LogP contribution in [-0.4, -0.2) is 36.1 Å². The van der Waals surface area contributed by atoms with E-state index in [9.17, 15) is 0 Å². The van der Waals surface area contributed by atoms with Crippen LogP contribution < -0.4 is 5.32 Å². The molecule has 0 atom stereocenters. The van der Waals surface area contributed by atoms with Crippen molar-refractivity contribution in [3.8, 4) is 11.3 Å². The number of benzene rings is 1. The molecule has 1 aliphatic heterocycles. The van der Waals surface area contributed by atoms with Gasteiger partial charge in [-0.25, -0.2) is 4.98 Å². The van der Waals surface area contributed by atoms with E-state index in [0.717, 1.165) is 36.3 Å². The van der Waals surface area contributed by atoms with E-state index in [1.165, 1.54) is 10.6 Å². The van der Waals surface area contributed by atoms with Crippen LogP contribution in [0.25, 0.3) is 11.3 Å². The predicted octanol–water partition coefficient (Wildman–Crippen LogP) is 3.71. The number of piperazine rings is 1. The molecule has 0 radical (unpaired) electrons. The second-order valence-electron chi connectivity index (χ2n) is 5.84. The number of hydrogen-bond acceptors (Lipinski definition) is 4. The van der Waals surface area contributed by atoms with Gasteiger partial charge in [0.1, 0.15) is 5.01 Å². The topological polar surface area (TPSA) is 28.2 Å². The summed E-state index contributed by atoms with van der Waals surface area (Å²) in [6.45, 7) is 8.86. The molecule has 5 heteroatoms. The van der Waals surface area contributed by atoms with Crippen molar-refractivity contribution in [2.75, 3.05) is 26.2 Å². The van der Waals surface area contributed by atoms with Crippen LogP contribution >= 0.6 is 27.3 Å². The maximum absolute atomic E-state index is 4.90. The third kappa shape index (κ3) is 3.21. The summed E-state index contributed by atoms with van der Waals surface area (Å²) in [5.41, 5.74) is 2.25. The second kappa shape index (κ2) is 6.16. The summed E-state index contributed by atoms with van der Waals surface area (Å²) >= 11 is 5.24. The van der Waals surface area contributed by atoms with Gasteiger partial charge < -0.3 is 5.32 Å². The molecule has 1 fully saturated rings. The highest BCUT2D eigenvalue weighted by Gasteiger charge is 2.32. The lowest BCUT2D eigenvalue weighted by molar-refractivity contribution is 0.102. The summed E-state index contributed by atoms with van der Waals surface area (Å²) in [5.74, 6) is 0. The van der Waals surface area contributed by atoms with E-state index in [4.69, 9.17) is 4.98 Å². The number of nitrogens with zero attached hydrogens (tertiary/aromatic N) is 2. The van der Waals surface area contributed by atoms with Crippen molar-refractivity contribution < 1.29 is 0 Å². The summed E-state index contributed by atoms with van der Waals surface area (Å²) in [6.07, 6.45) is 0. The van der Waals surface area contributed by atoms with Gasteiger partial charge in [0, 0.05) is 41.6 Å². The fourth-order valence-electron chi connectivity index (χ4n) is 2.67. The number of rotatable bonds is 3. The average molecular weight is 366 g/mol. The van der Waals surface area contributed by atoms with Crippen molar-refractivity contribution in [3.63, 3.8) is 0 Å². The van der Waals surface area contributed by atoms with Gasteiger partial charge in [-0.3, -0.25) is 4.90 Å². The van der Waals surface area contributed by atoms with E-state index < -0.39 is 0 Å². The lowest BCUT2D eigenvalue weighted by atomic mass is 10.0. The molecule has 21 heavy (non-hydrogen) atoms. The van der Waals surface area contributed by atoms with Gasteiger partial charge in [0.15, 0.2) is 0 Å². The highest BCUT2D eigenvalue weighted by molar-refractivity contribution is 9.10. The van der Waals surface area contributed by atoms with Gasteiger partial charge in [-0.2, -0.15) is 0 Å². The van der Waals surface area contributed by atoms with Gasteiger partial charge in [-0.15, -0.1) is 11.3 Å². The number of halogens is 1. The summed E-state index contributed by atoms with van der Waals surface area (Å²) in [4.78, 5) is 7.42. The van der Waals surface area contributed by atoms with Crippen molar-refractivity contribution in [2.45, 2.75) is 19.4 Å². The zero-order valence-electron chi connectivity index (χ0n) is 12.4. The van der Waals surface area contributed by atoms with Crippen LogP contribution in [0.3, 0.4) is 0 Å². The second-order valence-corrected chi connectivity index (χ2v) is 7.61. The molecule has 0 unspecified atom stereocenters. The first-order valence-electron chi connectivity index (χ1n) is 7.25. The van der Waals surface area contributed by atoms with Gasteiger partial charge in [-0.05, 0) is 26.0 Å². The highest BCUT2D eigenvalue weighted by atomic mass is 79.9. The molecule has 0 aliphatic carbocycles. The third-order valence-electron chi connectivity index (χ3n) is 4.08. The quantitative estimate of drug-likeness (QED) is 0.898. The molecule has 1 aliphatic rings. The molecule has 2 heterocycles. The van der Waals surface area contributed by atoms with Crippen LogP contribution in [-0.2, 0) is 5.54 Å². The Balaban J connectivity index is 1.84. The number of nitrogens with one attached hydrogen (secondary N) is 1. The molecule has 0 spiro atoms. The molecule has 1 aromatic carbocycles. The molecule has 1 saturated heterocycles. The predicted molar refractivity (Wildman–Crippen MR) is 92.7 cm³/mol. The highest BCUT2D eigenvalue weighted by Crippen LogP contribution is 2.33. The smallest absolute Gasteiger partial charge is 0.113 e. The van der Waals surface area contributed by atoms with Crippen molar-refractivity contribution in [3.05, 3.63) is 39.1 Å². The lowest BCUT2D eigenvalue weighted by Crippen LogP contribution is -2.51. The molecular weight excluding hydrogens is 346 g/mol. The van der Waals surface area contributed by atoms with Crippen LogP contribution in [0.2, 0.25) is 0 Å². The van der Waals surface area contributed by atoms with Gasteiger partial charge >= 0.3 is 0 Å². The van der Waals surface area contributed by atoms with Crippen LogP contribution in [0.15, 0.2) is 34.1 Å². The van der Waals surface area contributed by atoms with Crippen LogP contribution in [0.1, 0.15) is 18.9 Å². The van der Waals surface area contributed by atoms with Crippen molar-refractivity contribution in [1.29, 1.82) is 0 Å². The summed E-state index contributed by atoms with van der Waals surface area (Å²) in [5, 5.41) is 6.78. The van der Waals surface area contributed by atoms with E-state index in [-0.39, 0.29) is 5.54 Å². The monoisotopic (exact) mass is 365 g/mol. The van der Waals surface area contributed by atoms with Gasteiger partial charge in [0.2, 0.25) is 0 Å². The Kier molecular flexibility index (Phi) is 4.45. The first kappa shape index (κ1) is 15.2. The van der Waals surface area contributed by atoms with Gasteiger partial charge in [0.25, 0.3) is 0 Å². The number of aromatic nitrogens is 1. The van der Waals surface area contributed by atoms with E-state index in [2.05, 4.69) is 69.6 Å². The molecule has 2 aromatic rings. The van der Waals surface area contributed by atoms with Crippen molar-refractivity contribution in [1.82, 2.24) is 15.2 Å². The Morgan fingerprint density at radius 2 is 1.86 bits per heavy atom. The normalized spacial score (nSPS) is 17.1. The molecular formula is C16H20BrN3S. The molecule has 0 saturated carbocycles.